The zero-order chi connectivity index (χ0) is 26.7. The third kappa shape index (κ3) is 5.67. The van der Waals surface area contributed by atoms with Gasteiger partial charge < -0.3 is 20.7 Å². The molecule has 2 atom stereocenters. The summed E-state index contributed by atoms with van der Waals surface area (Å²) in [6, 6.07) is 18.9. The number of nitrogens with one attached hydrogen (secondary N) is 1. The number of nitrogens with two attached hydrogens (primary N) is 1. The van der Waals surface area contributed by atoms with Crippen LogP contribution in [0.15, 0.2) is 71.7 Å². The van der Waals surface area contributed by atoms with Crippen LogP contribution in [0.4, 0.5) is 5.69 Å². The number of benzodiazepines with no additional fused rings is 1. The molecule has 8 nitrogen and oxygen atoms in total. The molecule has 190 valence electrons. The summed E-state index contributed by atoms with van der Waals surface area (Å²) in [5, 5.41) is 3.49. The number of amides is 3. The molecule has 0 fully saturated rings. The van der Waals surface area contributed by atoms with E-state index in [1.165, 1.54) is 12.0 Å². The summed E-state index contributed by atoms with van der Waals surface area (Å²) in [4.78, 5) is 44.2. The van der Waals surface area contributed by atoms with E-state index in [0.29, 0.717) is 38.1 Å². The van der Waals surface area contributed by atoms with E-state index in [-0.39, 0.29) is 6.42 Å². The number of para-hydroxylation sites is 1. The number of ether oxygens (including phenoxy) is 1. The minimum Gasteiger partial charge on any atom is -0.371 e. The van der Waals surface area contributed by atoms with Crippen LogP contribution in [0.25, 0.3) is 0 Å². The molecule has 3 N–H and O–H groups in total. The van der Waals surface area contributed by atoms with E-state index in [1.54, 1.807) is 55.6 Å². The topological polar surface area (TPSA) is 114 Å². The Labute approximate surface area is 224 Å². The molecule has 0 spiro atoms. The van der Waals surface area contributed by atoms with Gasteiger partial charge in [0.25, 0.3) is 11.8 Å². The Morgan fingerprint density at radius 1 is 1.08 bits per heavy atom. The fourth-order valence-electron chi connectivity index (χ4n) is 4.03. The van der Waals surface area contributed by atoms with Gasteiger partial charge in [-0.3, -0.25) is 14.4 Å². The highest BCUT2D eigenvalue weighted by atomic mass is 35.5. The number of benzene rings is 3. The van der Waals surface area contributed by atoms with Gasteiger partial charge in [0.15, 0.2) is 0 Å². The van der Waals surface area contributed by atoms with Crippen molar-refractivity contribution < 1.29 is 19.1 Å². The smallest absolute Gasteiger partial charge is 0.272 e. The van der Waals surface area contributed by atoms with E-state index < -0.39 is 30.0 Å². The second kappa shape index (κ2) is 11.1. The lowest BCUT2D eigenvalue weighted by Crippen LogP contribution is -2.49. The molecule has 37 heavy (non-hydrogen) atoms. The van der Waals surface area contributed by atoms with Crippen LogP contribution in [0.1, 0.15) is 27.0 Å². The van der Waals surface area contributed by atoms with Gasteiger partial charge in [0, 0.05) is 37.3 Å². The largest absolute Gasteiger partial charge is 0.371 e. The normalized spacial score (nSPS) is 15.9. The van der Waals surface area contributed by atoms with Gasteiger partial charge in [-0.05, 0) is 35.9 Å². The Kier molecular flexibility index (Phi) is 7.92. The number of anilines is 1. The average Bonchev–Trinajstić information content (AvgIpc) is 3.00. The first-order chi connectivity index (χ1) is 17.7. The number of primary amides is 1. The monoisotopic (exact) mass is 538 g/mol. The van der Waals surface area contributed by atoms with Gasteiger partial charge in [-0.15, -0.1) is 0 Å². The first kappa shape index (κ1) is 26.3. The predicted octanol–water partition coefficient (Wildman–Crippen LogP) is 3.61. The third-order valence-electron chi connectivity index (χ3n) is 6.05. The van der Waals surface area contributed by atoms with Gasteiger partial charge in [-0.25, -0.2) is 4.99 Å². The number of fused-ring (bicyclic) bond motifs is 1. The standard InChI is InChI=1S/C27H24Cl2N4O4/c1-33-21-6-4-3-5-18(21)23(16-8-10-17(11-9-16)24(30)34)31-25(27(33)36)32-26(35)22(37-2)14-15-7-12-19(28)20(29)13-15/h3-13,22,25H,14H2,1-2H3,(H2,30,34)(H,32,35). The number of rotatable bonds is 7. The number of carbonyl (C=O) groups excluding carboxylic acids is 3. The van der Waals surface area contributed by atoms with Crippen molar-refractivity contribution in [1.82, 2.24) is 5.32 Å². The van der Waals surface area contributed by atoms with Gasteiger partial charge in [-0.1, -0.05) is 59.6 Å². The van der Waals surface area contributed by atoms with Crippen LogP contribution < -0.4 is 16.0 Å². The summed E-state index contributed by atoms with van der Waals surface area (Å²) in [5.41, 5.74) is 8.91. The average molecular weight is 539 g/mol. The SMILES string of the molecule is COC(Cc1ccc(Cl)c(Cl)c1)C(=O)NC1N=C(c2ccc(C(N)=O)cc2)c2ccccc2N(C)C1=O. The van der Waals surface area contributed by atoms with Gasteiger partial charge in [0.05, 0.1) is 21.4 Å². The van der Waals surface area contributed by atoms with Crippen LogP contribution in [0.2, 0.25) is 10.0 Å². The zero-order valence-corrected chi connectivity index (χ0v) is 21.6. The van der Waals surface area contributed by atoms with Crippen LogP contribution in [0.5, 0.6) is 0 Å². The molecule has 1 aliphatic rings. The van der Waals surface area contributed by atoms with Gasteiger partial charge in [-0.2, -0.15) is 0 Å². The molecule has 3 aromatic carbocycles. The molecule has 0 aliphatic carbocycles. The highest BCUT2D eigenvalue weighted by molar-refractivity contribution is 6.42. The summed E-state index contributed by atoms with van der Waals surface area (Å²) in [6.45, 7) is 0. The Hall–Kier alpha value is -3.72. The lowest BCUT2D eigenvalue weighted by molar-refractivity contribution is -0.134. The predicted molar refractivity (Wildman–Crippen MR) is 143 cm³/mol. The zero-order valence-electron chi connectivity index (χ0n) is 20.1. The van der Waals surface area contributed by atoms with E-state index in [1.807, 2.05) is 18.2 Å². The fourth-order valence-corrected chi connectivity index (χ4v) is 4.35. The van der Waals surface area contributed by atoms with Crippen molar-refractivity contribution >= 4 is 52.3 Å². The molecule has 1 aliphatic heterocycles. The second-order valence-corrected chi connectivity index (χ2v) is 9.24. The molecule has 0 saturated heterocycles. The third-order valence-corrected chi connectivity index (χ3v) is 6.79. The van der Waals surface area contributed by atoms with Crippen LogP contribution in [0, 0.1) is 0 Å². The maximum absolute atomic E-state index is 13.4. The summed E-state index contributed by atoms with van der Waals surface area (Å²) in [5.74, 6) is -1.49. The summed E-state index contributed by atoms with van der Waals surface area (Å²) >= 11 is 12.1. The van der Waals surface area contributed by atoms with Crippen molar-refractivity contribution in [2.24, 2.45) is 10.7 Å². The van der Waals surface area contributed by atoms with Crippen molar-refractivity contribution in [3.63, 3.8) is 0 Å². The van der Waals surface area contributed by atoms with E-state index in [9.17, 15) is 14.4 Å². The molecule has 4 rings (SSSR count). The minimum absolute atomic E-state index is 0.210. The molecular weight excluding hydrogens is 515 g/mol. The quantitative estimate of drug-likeness (QED) is 0.478. The molecule has 0 aromatic heterocycles. The Bertz CT molecular complexity index is 1390. The van der Waals surface area contributed by atoms with Crippen molar-refractivity contribution in [3.05, 3.63) is 99.0 Å². The molecule has 0 bridgehead atoms. The maximum atomic E-state index is 13.4. The van der Waals surface area contributed by atoms with Crippen LogP contribution >= 0.6 is 23.2 Å². The van der Waals surface area contributed by atoms with E-state index in [0.717, 1.165) is 5.56 Å². The first-order valence-corrected chi connectivity index (χ1v) is 12.1. The number of hydrogen-bond acceptors (Lipinski definition) is 5. The van der Waals surface area contributed by atoms with E-state index >= 15 is 0 Å². The lowest BCUT2D eigenvalue weighted by atomic mass is 9.99. The molecular formula is C27H24Cl2N4O4. The van der Waals surface area contributed by atoms with Crippen molar-refractivity contribution in [1.29, 1.82) is 0 Å². The first-order valence-electron chi connectivity index (χ1n) is 11.3. The minimum atomic E-state index is -1.22. The maximum Gasteiger partial charge on any atom is 0.272 e. The van der Waals surface area contributed by atoms with Crippen molar-refractivity contribution in [3.8, 4) is 0 Å². The number of carbonyl (C=O) groups is 3. The summed E-state index contributed by atoms with van der Waals surface area (Å²) in [6.07, 6.45) is -1.92. The lowest BCUT2D eigenvalue weighted by Gasteiger charge is -2.22. The molecule has 3 amide bonds. The number of hydrogen-bond donors (Lipinski definition) is 2. The number of halogens is 2. The Morgan fingerprint density at radius 3 is 2.43 bits per heavy atom. The van der Waals surface area contributed by atoms with Crippen LogP contribution in [-0.2, 0) is 20.7 Å². The fraction of sp³-hybridized carbons (Fsp3) is 0.185. The van der Waals surface area contributed by atoms with Crippen LogP contribution in [-0.4, -0.2) is 49.9 Å². The molecule has 3 aromatic rings. The van der Waals surface area contributed by atoms with E-state index in [4.69, 9.17) is 33.7 Å². The highest BCUT2D eigenvalue weighted by Gasteiger charge is 2.32. The summed E-state index contributed by atoms with van der Waals surface area (Å²) < 4.78 is 5.42. The number of aliphatic imine (C=N–C) groups is 1. The Balaban J connectivity index is 1.67. The summed E-state index contributed by atoms with van der Waals surface area (Å²) in [7, 11) is 3.03. The number of nitrogens with zero attached hydrogens (tertiary/aromatic N) is 2. The van der Waals surface area contributed by atoms with Crippen molar-refractivity contribution in [2.45, 2.75) is 18.7 Å². The molecule has 0 radical (unpaired) electrons. The Morgan fingerprint density at radius 2 is 1.78 bits per heavy atom. The molecule has 10 heteroatoms. The molecule has 2 unspecified atom stereocenters. The van der Waals surface area contributed by atoms with Crippen LogP contribution in [0.3, 0.4) is 0 Å². The van der Waals surface area contributed by atoms with Gasteiger partial charge in [0.2, 0.25) is 12.1 Å². The number of methoxy groups -OCH3 is 1. The molecule has 1 heterocycles. The van der Waals surface area contributed by atoms with E-state index in [2.05, 4.69) is 10.3 Å². The highest BCUT2D eigenvalue weighted by Crippen LogP contribution is 2.28. The van der Waals surface area contributed by atoms with Crippen molar-refractivity contribution in [2.75, 3.05) is 19.1 Å². The van der Waals surface area contributed by atoms with Gasteiger partial charge >= 0.3 is 0 Å². The number of likely N-dealkylation sites (N-methyl/N-ethyl adjacent to an activating group) is 1. The second-order valence-electron chi connectivity index (χ2n) is 8.42. The van der Waals surface area contributed by atoms with Gasteiger partial charge in [0.1, 0.15) is 6.10 Å². The molecule has 0 saturated carbocycles.